The van der Waals surface area contributed by atoms with Crippen molar-refractivity contribution < 1.29 is 19.1 Å². The molecule has 1 aliphatic carbocycles. The third-order valence-corrected chi connectivity index (χ3v) is 2.99. The van der Waals surface area contributed by atoms with E-state index in [2.05, 4.69) is 6.08 Å². The minimum absolute atomic E-state index is 0.286. The van der Waals surface area contributed by atoms with Crippen LogP contribution >= 0.6 is 0 Å². The Kier molecular flexibility index (Phi) is 6.47. The molecule has 0 aliphatic heterocycles. The summed E-state index contributed by atoms with van der Waals surface area (Å²) < 4.78 is 9.89. The third-order valence-electron chi connectivity index (χ3n) is 2.99. The number of carbonyl (C=O) groups is 2. The van der Waals surface area contributed by atoms with Crippen molar-refractivity contribution in [2.45, 2.75) is 46.0 Å². The van der Waals surface area contributed by atoms with E-state index in [0.29, 0.717) is 6.42 Å². The molecule has 102 valence electrons. The first kappa shape index (κ1) is 14.7. The molecule has 0 bridgehead atoms. The van der Waals surface area contributed by atoms with E-state index in [1.54, 1.807) is 13.8 Å². The largest absolute Gasteiger partial charge is 0.465 e. The predicted octanol–water partition coefficient (Wildman–Crippen LogP) is 2.62. The van der Waals surface area contributed by atoms with Gasteiger partial charge in [-0.25, -0.2) is 0 Å². The van der Waals surface area contributed by atoms with Crippen LogP contribution in [0.5, 0.6) is 0 Å². The minimum Gasteiger partial charge on any atom is -0.465 e. The average Bonchev–Trinajstić information content (AvgIpc) is 2.37. The zero-order valence-corrected chi connectivity index (χ0v) is 11.2. The summed E-state index contributed by atoms with van der Waals surface area (Å²) in [6.07, 6.45) is 6.90. The molecule has 0 N–H and O–H groups in total. The van der Waals surface area contributed by atoms with Crippen LogP contribution < -0.4 is 0 Å². The molecule has 0 aromatic rings. The van der Waals surface area contributed by atoms with E-state index in [1.807, 2.05) is 0 Å². The van der Waals surface area contributed by atoms with Gasteiger partial charge in [-0.2, -0.15) is 0 Å². The molecule has 1 aliphatic rings. The van der Waals surface area contributed by atoms with Crippen LogP contribution in [0.4, 0.5) is 0 Å². The Morgan fingerprint density at radius 2 is 1.78 bits per heavy atom. The van der Waals surface area contributed by atoms with Gasteiger partial charge in [0, 0.05) is 0 Å². The molecule has 4 heteroatoms. The maximum atomic E-state index is 11.8. The minimum atomic E-state index is -0.797. The summed E-state index contributed by atoms with van der Waals surface area (Å²) >= 11 is 0. The Labute approximate surface area is 108 Å². The lowest BCUT2D eigenvalue weighted by Crippen LogP contribution is -2.28. The third kappa shape index (κ3) is 4.51. The van der Waals surface area contributed by atoms with Gasteiger partial charge in [-0.1, -0.05) is 11.6 Å². The van der Waals surface area contributed by atoms with Gasteiger partial charge in [-0.05, 0) is 46.0 Å². The molecule has 18 heavy (non-hydrogen) atoms. The van der Waals surface area contributed by atoms with Crippen LogP contribution in [-0.4, -0.2) is 25.2 Å². The Balaban J connectivity index is 2.66. The molecule has 0 saturated heterocycles. The molecular weight excluding hydrogens is 232 g/mol. The van der Waals surface area contributed by atoms with Gasteiger partial charge >= 0.3 is 11.9 Å². The Hall–Kier alpha value is -1.32. The summed E-state index contributed by atoms with van der Waals surface area (Å²) in [5, 5.41) is 0. The normalized spacial score (nSPS) is 15.2. The van der Waals surface area contributed by atoms with Crippen molar-refractivity contribution >= 4 is 11.9 Å². The first-order chi connectivity index (χ1) is 8.69. The number of allylic oxidation sites excluding steroid dienone is 2. The summed E-state index contributed by atoms with van der Waals surface area (Å²) in [4.78, 5) is 23.6. The lowest BCUT2D eigenvalue weighted by molar-refractivity contribution is -0.161. The van der Waals surface area contributed by atoms with Crippen LogP contribution in [-0.2, 0) is 19.1 Å². The Bertz CT molecular complexity index is 302. The van der Waals surface area contributed by atoms with Gasteiger partial charge in [0.25, 0.3) is 0 Å². The smallest absolute Gasteiger partial charge is 0.320 e. The number of esters is 2. The first-order valence-electron chi connectivity index (χ1n) is 6.70. The molecule has 0 heterocycles. The highest BCUT2D eigenvalue weighted by Gasteiger charge is 2.30. The summed E-state index contributed by atoms with van der Waals surface area (Å²) in [6, 6.07) is 0. The van der Waals surface area contributed by atoms with Gasteiger partial charge in [0.1, 0.15) is 0 Å². The highest BCUT2D eigenvalue weighted by Crippen LogP contribution is 2.25. The highest BCUT2D eigenvalue weighted by molar-refractivity contribution is 5.95. The van der Waals surface area contributed by atoms with Gasteiger partial charge in [0.05, 0.1) is 13.2 Å². The molecule has 4 nitrogen and oxygen atoms in total. The molecule has 0 saturated carbocycles. The molecular formula is C14H22O4. The maximum Gasteiger partial charge on any atom is 0.320 e. The zero-order chi connectivity index (χ0) is 13.4. The van der Waals surface area contributed by atoms with Gasteiger partial charge in [0.15, 0.2) is 5.92 Å². The van der Waals surface area contributed by atoms with E-state index in [4.69, 9.17) is 9.47 Å². The van der Waals surface area contributed by atoms with Crippen molar-refractivity contribution in [3.8, 4) is 0 Å². The van der Waals surface area contributed by atoms with E-state index in [-0.39, 0.29) is 13.2 Å². The summed E-state index contributed by atoms with van der Waals surface area (Å²) in [5.41, 5.74) is 1.17. The predicted molar refractivity (Wildman–Crippen MR) is 67.9 cm³/mol. The second-order valence-corrected chi connectivity index (χ2v) is 4.37. The number of rotatable bonds is 6. The highest BCUT2D eigenvalue weighted by atomic mass is 16.6. The van der Waals surface area contributed by atoms with Gasteiger partial charge in [0.2, 0.25) is 0 Å². The van der Waals surface area contributed by atoms with Gasteiger partial charge in [-0.3, -0.25) is 9.59 Å². The second kappa shape index (κ2) is 7.90. The van der Waals surface area contributed by atoms with E-state index < -0.39 is 17.9 Å². The van der Waals surface area contributed by atoms with Gasteiger partial charge < -0.3 is 9.47 Å². The molecule has 0 spiro atoms. The standard InChI is InChI=1S/C14H22O4/c1-3-17-13(15)12(14(16)18-4-2)10-11-8-6-5-7-9-11/h8,12H,3-7,9-10H2,1-2H3. The molecule has 0 aromatic heterocycles. The Morgan fingerprint density at radius 3 is 2.22 bits per heavy atom. The van der Waals surface area contributed by atoms with Crippen LogP contribution in [0.25, 0.3) is 0 Å². The van der Waals surface area contributed by atoms with Crippen LogP contribution in [0.3, 0.4) is 0 Å². The van der Waals surface area contributed by atoms with Crippen molar-refractivity contribution in [2.24, 2.45) is 5.92 Å². The molecule has 0 radical (unpaired) electrons. The van der Waals surface area contributed by atoms with Crippen molar-refractivity contribution in [1.82, 2.24) is 0 Å². The SMILES string of the molecule is CCOC(=O)C(CC1=CCCCC1)C(=O)OCC. The van der Waals surface area contributed by atoms with Crippen LogP contribution in [0.15, 0.2) is 11.6 Å². The fourth-order valence-corrected chi connectivity index (χ4v) is 2.10. The van der Waals surface area contributed by atoms with Crippen LogP contribution in [0.2, 0.25) is 0 Å². The molecule has 0 fully saturated rings. The second-order valence-electron chi connectivity index (χ2n) is 4.37. The number of ether oxygens (including phenoxy) is 2. The zero-order valence-electron chi connectivity index (χ0n) is 11.2. The van der Waals surface area contributed by atoms with Crippen LogP contribution in [0, 0.1) is 5.92 Å². The molecule has 0 aromatic carbocycles. The topological polar surface area (TPSA) is 52.6 Å². The molecule has 0 atom stereocenters. The van der Waals surface area contributed by atoms with E-state index in [9.17, 15) is 9.59 Å². The maximum absolute atomic E-state index is 11.8. The lowest BCUT2D eigenvalue weighted by Gasteiger charge is -2.18. The fourth-order valence-electron chi connectivity index (χ4n) is 2.10. The number of carbonyl (C=O) groups excluding carboxylic acids is 2. The summed E-state index contributed by atoms with van der Waals surface area (Å²) in [5.74, 6) is -1.74. The molecule has 1 rings (SSSR count). The molecule has 0 unspecified atom stereocenters. The van der Waals surface area contributed by atoms with Crippen molar-refractivity contribution in [3.63, 3.8) is 0 Å². The Morgan fingerprint density at radius 1 is 1.17 bits per heavy atom. The van der Waals surface area contributed by atoms with Crippen molar-refractivity contribution in [2.75, 3.05) is 13.2 Å². The average molecular weight is 254 g/mol. The number of hydrogen-bond acceptors (Lipinski definition) is 4. The van der Waals surface area contributed by atoms with Crippen LogP contribution in [0.1, 0.15) is 46.0 Å². The van der Waals surface area contributed by atoms with Crippen molar-refractivity contribution in [1.29, 1.82) is 0 Å². The molecule has 0 amide bonds. The fraction of sp³-hybridized carbons (Fsp3) is 0.714. The number of hydrogen-bond donors (Lipinski definition) is 0. The first-order valence-corrected chi connectivity index (χ1v) is 6.70. The lowest BCUT2D eigenvalue weighted by atomic mass is 9.91. The van der Waals surface area contributed by atoms with E-state index >= 15 is 0 Å². The summed E-state index contributed by atoms with van der Waals surface area (Å²) in [7, 11) is 0. The van der Waals surface area contributed by atoms with E-state index in [1.165, 1.54) is 12.0 Å². The quantitative estimate of drug-likeness (QED) is 0.415. The van der Waals surface area contributed by atoms with E-state index in [0.717, 1.165) is 19.3 Å². The van der Waals surface area contributed by atoms with Crippen molar-refractivity contribution in [3.05, 3.63) is 11.6 Å². The monoisotopic (exact) mass is 254 g/mol. The summed E-state index contributed by atoms with van der Waals surface area (Å²) in [6.45, 7) is 4.04. The van der Waals surface area contributed by atoms with Gasteiger partial charge in [-0.15, -0.1) is 0 Å².